The lowest BCUT2D eigenvalue weighted by atomic mass is 10.2. The van der Waals surface area contributed by atoms with Gasteiger partial charge in [-0.05, 0) is 39.7 Å². The highest BCUT2D eigenvalue weighted by molar-refractivity contribution is 7.10. The van der Waals surface area contributed by atoms with E-state index in [9.17, 15) is 9.59 Å². The quantitative estimate of drug-likeness (QED) is 0.746. The number of aromatic carboxylic acids is 1. The molecule has 0 aromatic carbocycles. The van der Waals surface area contributed by atoms with Crippen molar-refractivity contribution in [1.29, 1.82) is 0 Å². The third-order valence-electron chi connectivity index (χ3n) is 3.35. The topological polar surface area (TPSA) is 78.9 Å². The molecule has 0 atom stereocenters. The van der Waals surface area contributed by atoms with Gasteiger partial charge in [0.15, 0.2) is 0 Å². The number of carbonyl (C=O) groups is 2. The van der Waals surface area contributed by atoms with E-state index in [1.165, 1.54) is 11.3 Å². The molecule has 0 spiro atoms. The molecule has 0 saturated heterocycles. The van der Waals surface area contributed by atoms with Gasteiger partial charge >= 0.3 is 12.1 Å². The van der Waals surface area contributed by atoms with Crippen molar-refractivity contribution in [1.82, 2.24) is 10.2 Å². The zero-order chi connectivity index (χ0) is 17.0. The molecule has 1 saturated carbocycles. The molecule has 7 heteroatoms. The van der Waals surface area contributed by atoms with Gasteiger partial charge < -0.3 is 20.1 Å². The maximum absolute atomic E-state index is 12.2. The van der Waals surface area contributed by atoms with Crippen molar-refractivity contribution in [3.8, 4) is 0 Å². The average molecular weight is 340 g/mol. The minimum absolute atomic E-state index is 0.258. The Morgan fingerprint density at radius 2 is 2.13 bits per heavy atom. The van der Waals surface area contributed by atoms with Crippen LogP contribution in [-0.4, -0.2) is 46.8 Å². The number of rotatable bonds is 7. The molecule has 1 heterocycles. The van der Waals surface area contributed by atoms with Crippen LogP contribution in [0.25, 0.3) is 0 Å². The van der Waals surface area contributed by atoms with Gasteiger partial charge in [-0.15, -0.1) is 11.3 Å². The van der Waals surface area contributed by atoms with Crippen LogP contribution in [-0.2, 0) is 11.3 Å². The van der Waals surface area contributed by atoms with Crippen molar-refractivity contribution >= 4 is 23.4 Å². The van der Waals surface area contributed by atoms with Gasteiger partial charge in [0.05, 0.1) is 5.56 Å². The van der Waals surface area contributed by atoms with E-state index in [4.69, 9.17) is 9.84 Å². The Balaban J connectivity index is 1.76. The maximum Gasteiger partial charge on any atom is 0.410 e. The lowest BCUT2D eigenvalue weighted by Gasteiger charge is -2.27. The molecule has 0 aliphatic heterocycles. The summed E-state index contributed by atoms with van der Waals surface area (Å²) in [7, 11) is 0. The van der Waals surface area contributed by atoms with Gasteiger partial charge in [0.2, 0.25) is 0 Å². The van der Waals surface area contributed by atoms with Crippen LogP contribution in [0.2, 0.25) is 0 Å². The van der Waals surface area contributed by atoms with E-state index in [1.54, 1.807) is 16.3 Å². The minimum Gasteiger partial charge on any atom is -0.478 e. The summed E-state index contributed by atoms with van der Waals surface area (Å²) in [4.78, 5) is 25.8. The third kappa shape index (κ3) is 5.84. The first kappa shape index (κ1) is 17.7. The number of carboxylic acid groups (broad SMARTS) is 1. The van der Waals surface area contributed by atoms with Gasteiger partial charge in [-0.25, -0.2) is 9.59 Å². The predicted octanol–water partition coefficient (Wildman–Crippen LogP) is 2.94. The number of amides is 1. The molecule has 1 fully saturated rings. The molecular formula is C16H24N2O4S. The second-order valence-corrected chi connectivity index (χ2v) is 7.68. The highest BCUT2D eigenvalue weighted by Crippen LogP contribution is 2.28. The van der Waals surface area contributed by atoms with E-state index < -0.39 is 11.6 Å². The summed E-state index contributed by atoms with van der Waals surface area (Å²) in [5, 5.41) is 13.8. The van der Waals surface area contributed by atoms with Crippen LogP contribution in [0.5, 0.6) is 0 Å². The first-order chi connectivity index (χ1) is 10.8. The van der Waals surface area contributed by atoms with E-state index in [1.807, 2.05) is 20.8 Å². The minimum atomic E-state index is -0.905. The Morgan fingerprint density at radius 1 is 1.43 bits per heavy atom. The van der Waals surface area contributed by atoms with E-state index in [2.05, 4.69) is 5.32 Å². The van der Waals surface area contributed by atoms with Crippen molar-refractivity contribution in [2.24, 2.45) is 0 Å². The molecule has 128 valence electrons. The third-order valence-corrected chi connectivity index (χ3v) is 4.28. The summed E-state index contributed by atoms with van der Waals surface area (Å²) in [6, 6.07) is 1.97. The fourth-order valence-electron chi connectivity index (χ4n) is 2.13. The first-order valence-corrected chi connectivity index (χ1v) is 8.65. The Labute approximate surface area is 140 Å². The standard InChI is InChI=1S/C16H24N2O4S/c1-16(2,3)22-15(21)18(12-4-5-12)7-6-17-9-13-8-11(10-23-13)14(19)20/h8,10,12,17H,4-7,9H2,1-3H3,(H,19,20). The van der Waals surface area contributed by atoms with E-state index in [0.29, 0.717) is 31.2 Å². The normalized spacial score (nSPS) is 14.6. The molecule has 2 N–H and O–H groups in total. The molecule has 1 aliphatic carbocycles. The molecule has 0 unspecified atom stereocenters. The summed E-state index contributed by atoms with van der Waals surface area (Å²) in [5.74, 6) is -0.905. The molecule has 1 aromatic heterocycles. The van der Waals surface area contributed by atoms with Crippen molar-refractivity contribution in [3.05, 3.63) is 21.9 Å². The summed E-state index contributed by atoms with van der Waals surface area (Å²) >= 11 is 1.42. The fraction of sp³-hybridized carbons (Fsp3) is 0.625. The number of nitrogens with one attached hydrogen (secondary N) is 1. The number of hydrogen-bond acceptors (Lipinski definition) is 5. The molecule has 1 aromatic rings. The van der Waals surface area contributed by atoms with Gasteiger partial charge in [0, 0.05) is 35.9 Å². The van der Waals surface area contributed by atoms with Crippen LogP contribution in [0, 0.1) is 0 Å². The van der Waals surface area contributed by atoms with E-state index in [0.717, 1.165) is 17.7 Å². The molecule has 0 bridgehead atoms. The Morgan fingerprint density at radius 3 is 2.65 bits per heavy atom. The largest absolute Gasteiger partial charge is 0.478 e. The smallest absolute Gasteiger partial charge is 0.410 e. The molecule has 1 aliphatic rings. The fourth-order valence-corrected chi connectivity index (χ4v) is 2.95. The number of hydrogen-bond donors (Lipinski definition) is 2. The van der Waals surface area contributed by atoms with Gasteiger partial charge in [-0.1, -0.05) is 0 Å². The SMILES string of the molecule is CC(C)(C)OC(=O)N(CCNCc1cc(C(=O)O)cs1)C1CC1. The second-order valence-electron chi connectivity index (χ2n) is 6.69. The average Bonchev–Trinajstić information content (AvgIpc) is 3.13. The zero-order valence-electron chi connectivity index (χ0n) is 13.8. The predicted molar refractivity (Wildman–Crippen MR) is 88.9 cm³/mol. The van der Waals surface area contributed by atoms with Crippen molar-refractivity contribution in [3.63, 3.8) is 0 Å². The summed E-state index contributed by atoms with van der Waals surface area (Å²) in [5.41, 5.74) is -0.165. The molecule has 1 amide bonds. The monoisotopic (exact) mass is 340 g/mol. The van der Waals surface area contributed by atoms with Crippen LogP contribution in [0.3, 0.4) is 0 Å². The number of ether oxygens (including phenoxy) is 1. The highest BCUT2D eigenvalue weighted by Gasteiger charge is 2.34. The van der Waals surface area contributed by atoms with Gasteiger partial charge in [0.1, 0.15) is 5.60 Å². The summed E-state index contributed by atoms with van der Waals surface area (Å²) in [6.45, 7) is 7.44. The first-order valence-electron chi connectivity index (χ1n) is 7.77. The van der Waals surface area contributed by atoms with E-state index >= 15 is 0 Å². The maximum atomic E-state index is 12.2. The molecule has 0 radical (unpaired) electrons. The van der Waals surface area contributed by atoms with Crippen LogP contribution in [0.4, 0.5) is 4.79 Å². The van der Waals surface area contributed by atoms with Crippen molar-refractivity contribution in [2.75, 3.05) is 13.1 Å². The van der Waals surface area contributed by atoms with Crippen molar-refractivity contribution < 1.29 is 19.4 Å². The van der Waals surface area contributed by atoms with Gasteiger partial charge in [-0.3, -0.25) is 0 Å². The second kappa shape index (κ2) is 7.31. The lowest BCUT2D eigenvalue weighted by molar-refractivity contribution is 0.0235. The molecule has 23 heavy (non-hydrogen) atoms. The number of carbonyl (C=O) groups excluding carboxylic acids is 1. The summed E-state index contributed by atoms with van der Waals surface area (Å²) in [6.07, 6.45) is 1.81. The van der Waals surface area contributed by atoms with Gasteiger partial charge in [-0.2, -0.15) is 0 Å². The van der Waals surface area contributed by atoms with Gasteiger partial charge in [0.25, 0.3) is 0 Å². The number of thiophene rings is 1. The van der Waals surface area contributed by atoms with Crippen LogP contribution < -0.4 is 5.32 Å². The number of nitrogens with zero attached hydrogens (tertiary/aromatic N) is 1. The van der Waals surface area contributed by atoms with Crippen LogP contribution >= 0.6 is 11.3 Å². The molecule has 6 nitrogen and oxygen atoms in total. The Hall–Kier alpha value is -1.60. The van der Waals surface area contributed by atoms with Crippen molar-refractivity contribution in [2.45, 2.75) is 51.8 Å². The summed E-state index contributed by atoms with van der Waals surface area (Å²) < 4.78 is 5.44. The zero-order valence-corrected chi connectivity index (χ0v) is 14.6. The molecule has 2 rings (SSSR count). The highest BCUT2D eigenvalue weighted by atomic mass is 32.1. The van der Waals surface area contributed by atoms with Crippen LogP contribution in [0.1, 0.15) is 48.8 Å². The number of carboxylic acids is 1. The van der Waals surface area contributed by atoms with Crippen LogP contribution in [0.15, 0.2) is 11.4 Å². The Bertz CT molecular complexity index is 561. The van der Waals surface area contributed by atoms with E-state index in [-0.39, 0.29) is 6.09 Å². The lowest BCUT2D eigenvalue weighted by Crippen LogP contribution is -2.41. The molecular weight excluding hydrogens is 316 g/mol. The Kier molecular flexibility index (Phi) is 5.64.